The van der Waals surface area contributed by atoms with Crippen LogP contribution in [0.2, 0.25) is 5.02 Å². The van der Waals surface area contributed by atoms with E-state index < -0.39 is 55.0 Å². The number of hydrogen-bond acceptors (Lipinski definition) is 10. The third kappa shape index (κ3) is 9.12. The molecule has 0 spiro atoms. The lowest BCUT2D eigenvalue weighted by Crippen LogP contribution is -2.53. The van der Waals surface area contributed by atoms with Gasteiger partial charge in [-0.15, -0.1) is 0 Å². The number of sulfonamides is 2. The first-order valence-electron chi connectivity index (χ1n) is 13.8. The van der Waals surface area contributed by atoms with E-state index in [0.717, 1.165) is 11.6 Å². The maximum absolute atomic E-state index is 12.7. The van der Waals surface area contributed by atoms with Gasteiger partial charge in [0.25, 0.3) is 0 Å². The molecule has 2 aromatic carbocycles. The van der Waals surface area contributed by atoms with Gasteiger partial charge in [-0.2, -0.15) is 4.72 Å². The molecule has 6 N–H and O–H groups in total. The third-order valence-corrected chi connectivity index (χ3v) is 9.77. The molecule has 0 radical (unpaired) electrons. The molecule has 2 aromatic rings. The van der Waals surface area contributed by atoms with Crippen molar-refractivity contribution in [3.8, 4) is 0 Å². The molecule has 0 aromatic heterocycles. The quantitative estimate of drug-likeness (QED) is 0.226. The monoisotopic (exact) mass is 673 g/mol. The van der Waals surface area contributed by atoms with Gasteiger partial charge in [-0.25, -0.2) is 26.8 Å². The number of aliphatic carboxylic acids is 1. The van der Waals surface area contributed by atoms with Gasteiger partial charge in [-0.3, -0.25) is 14.9 Å². The summed E-state index contributed by atoms with van der Waals surface area (Å²) < 4.78 is 53.0. The molecule has 1 fully saturated rings. The summed E-state index contributed by atoms with van der Waals surface area (Å²) >= 11 is 5.72. The molecule has 17 heteroatoms. The standard InChI is InChI=1S/C20H28N2O5.C7H8ClN3O4S2/c1-3-27-20(26)16(12-11-15-8-5-4-6-9-15)21-14(2)18(23)22-13-7-10-17(22)19(24)25;8-4-1-5-7(2-6(4)16(9,12)13)17(14,15)11-3-10-5/h4-6,8-9,14,16-17,21H,3,7,10-13H2,1-2H3,(H,24,25);1-2,10-11H,3H2,(H2,9,12,13)/t14-,16+,17-;/m0./s1. The lowest BCUT2D eigenvalue weighted by Gasteiger charge is -2.27. The number of aryl methyl sites for hydroxylation is 1. The molecular formula is C27H36ClN5O9S2. The van der Waals surface area contributed by atoms with Crippen molar-refractivity contribution in [2.45, 2.75) is 67.4 Å². The van der Waals surface area contributed by atoms with Crippen molar-refractivity contribution in [3.05, 3.63) is 53.1 Å². The van der Waals surface area contributed by atoms with Crippen LogP contribution in [0, 0.1) is 0 Å². The summed E-state index contributed by atoms with van der Waals surface area (Å²) in [6.07, 6.45) is 2.29. The van der Waals surface area contributed by atoms with Gasteiger partial charge < -0.3 is 20.1 Å². The highest BCUT2D eigenvalue weighted by Gasteiger charge is 2.37. The van der Waals surface area contributed by atoms with Crippen LogP contribution < -0.4 is 20.5 Å². The molecular weight excluding hydrogens is 638 g/mol. The van der Waals surface area contributed by atoms with Gasteiger partial charge in [0.1, 0.15) is 21.9 Å². The van der Waals surface area contributed by atoms with Crippen LogP contribution in [0.25, 0.3) is 0 Å². The highest BCUT2D eigenvalue weighted by molar-refractivity contribution is 7.90. The number of hydrogen-bond donors (Lipinski definition) is 5. The van der Waals surface area contributed by atoms with Crippen LogP contribution in [0.5, 0.6) is 0 Å². The fourth-order valence-corrected chi connectivity index (χ4v) is 7.08. The molecule has 0 saturated carbocycles. The summed E-state index contributed by atoms with van der Waals surface area (Å²) in [5, 5.41) is 19.9. The molecule has 2 aliphatic rings. The van der Waals surface area contributed by atoms with Crippen molar-refractivity contribution < 1.29 is 41.1 Å². The second-order valence-corrected chi connectivity index (χ2v) is 13.7. The zero-order chi connectivity index (χ0) is 32.7. The number of carbonyl (C=O) groups is 3. The largest absolute Gasteiger partial charge is 0.480 e. The highest BCUT2D eigenvalue weighted by Crippen LogP contribution is 2.32. The third-order valence-electron chi connectivity index (χ3n) is 6.95. The molecule has 14 nitrogen and oxygen atoms in total. The highest BCUT2D eigenvalue weighted by atomic mass is 35.5. The lowest BCUT2D eigenvalue weighted by molar-refractivity contribution is -0.150. The number of nitrogens with one attached hydrogen (secondary N) is 3. The molecule has 4 rings (SSSR count). The van der Waals surface area contributed by atoms with Crippen molar-refractivity contribution >= 4 is 55.2 Å². The smallest absolute Gasteiger partial charge is 0.326 e. The Labute approximate surface area is 261 Å². The van der Waals surface area contributed by atoms with E-state index in [1.165, 1.54) is 11.0 Å². The summed E-state index contributed by atoms with van der Waals surface area (Å²) in [6, 6.07) is 9.84. The summed E-state index contributed by atoms with van der Waals surface area (Å²) in [5.41, 5.74) is 1.33. The van der Waals surface area contributed by atoms with E-state index in [0.29, 0.717) is 32.2 Å². The Morgan fingerprint density at radius 2 is 1.91 bits per heavy atom. The average molecular weight is 674 g/mol. The predicted molar refractivity (Wildman–Crippen MR) is 162 cm³/mol. The first-order chi connectivity index (χ1) is 20.7. The maximum Gasteiger partial charge on any atom is 0.326 e. The SMILES string of the molecule is CCOC(=O)[C@@H](CCc1ccccc1)N[C@@H](C)C(=O)N1CCC[C@H]1C(=O)O.NS(=O)(=O)c1cc2c(cc1Cl)NCNS2(=O)=O. The Morgan fingerprint density at radius 3 is 2.52 bits per heavy atom. The zero-order valence-electron chi connectivity index (χ0n) is 24.2. The lowest BCUT2D eigenvalue weighted by atomic mass is 10.0. The molecule has 0 unspecified atom stereocenters. The van der Waals surface area contributed by atoms with Crippen molar-refractivity contribution in [2.24, 2.45) is 5.14 Å². The molecule has 2 aliphatic heterocycles. The number of likely N-dealkylation sites (tertiary alicyclic amines) is 1. The van der Waals surface area contributed by atoms with Gasteiger partial charge >= 0.3 is 11.9 Å². The van der Waals surface area contributed by atoms with Gasteiger partial charge in [-0.1, -0.05) is 41.9 Å². The van der Waals surface area contributed by atoms with Crippen LogP contribution in [0.4, 0.5) is 5.69 Å². The number of primary sulfonamides is 1. The minimum absolute atomic E-state index is 0.0143. The number of esters is 1. The number of nitrogens with two attached hydrogens (primary N) is 1. The number of carboxylic acid groups (broad SMARTS) is 1. The first-order valence-corrected chi connectivity index (χ1v) is 17.2. The van der Waals surface area contributed by atoms with E-state index in [9.17, 15) is 36.3 Å². The van der Waals surface area contributed by atoms with E-state index in [2.05, 4.69) is 15.4 Å². The number of carboxylic acids is 1. The van der Waals surface area contributed by atoms with Gasteiger partial charge in [0.15, 0.2) is 0 Å². The number of nitrogens with zero attached hydrogens (tertiary/aromatic N) is 1. The van der Waals surface area contributed by atoms with E-state index >= 15 is 0 Å². The van der Waals surface area contributed by atoms with Crippen molar-refractivity contribution in [1.29, 1.82) is 0 Å². The van der Waals surface area contributed by atoms with Gasteiger partial charge in [0, 0.05) is 6.54 Å². The van der Waals surface area contributed by atoms with Crippen LogP contribution in [0.1, 0.15) is 38.7 Å². The molecule has 2 heterocycles. The van der Waals surface area contributed by atoms with E-state index in [4.69, 9.17) is 21.5 Å². The number of rotatable bonds is 10. The Hall–Kier alpha value is -3.28. The molecule has 1 saturated heterocycles. The number of anilines is 1. The van der Waals surface area contributed by atoms with Crippen molar-refractivity contribution in [1.82, 2.24) is 14.9 Å². The molecule has 0 bridgehead atoms. The van der Waals surface area contributed by atoms with Crippen LogP contribution in [-0.2, 0) is 45.6 Å². The molecule has 0 aliphatic carbocycles. The number of halogens is 1. The molecule has 242 valence electrons. The van der Waals surface area contributed by atoms with Crippen LogP contribution in [0.15, 0.2) is 52.3 Å². The number of amides is 1. The fraction of sp³-hybridized carbons (Fsp3) is 0.444. The summed E-state index contributed by atoms with van der Waals surface area (Å²) in [5.74, 6) is -1.68. The number of ether oxygens (including phenoxy) is 1. The Balaban J connectivity index is 0.000000266. The normalized spacial score (nSPS) is 18.5. The first kappa shape index (κ1) is 35.2. The van der Waals surface area contributed by atoms with Crippen LogP contribution in [-0.4, -0.2) is 82.6 Å². The van der Waals surface area contributed by atoms with Gasteiger partial charge in [0.2, 0.25) is 26.0 Å². The average Bonchev–Trinajstić information content (AvgIpc) is 3.45. The Morgan fingerprint density at radius 1 is 1.23 bits per heavy atom. The van der Waals surface area contributed by atoms with Crippen LogP contribution >= 0.6 is 11.6 Å². The van der Waals surface area contributed by atoms with Crippen molar-refractivity contribution in [2.75, 3.05) is 25.1 Å². The number of benzene rings is 2. The topological polar surface area (TPSA) is 214 Å². The summed E-state index contributed by atoms with van der Waals surface area (Å²) in [7, 11) is -7.80. The summed E-state index contributed by atoms with van der Waals surface area (Å²) in [4.78, 5) is 37.1. The van der Waals surface area contributed by atoms with Gasteiger partial charge in [-0.05, 0) is 57.2 Å². The minimum Gasteiger partial charge on any atom is -0.480 e. The second-order valence-electron chi connectivity index (χ2n) is 10.1. The Kier molecular flexibility index (Phi) is 12.1. The fourth-order valence-electron chi connectivity index (χ4n) is 4.79. The van der Waals surface area contributed by atoms with Gasteiger partial charge in [0.05, 0.1) is 30.0 Å². The predicted octanol–water partition coefficient (Wildman–Crippen LogP) is 1.25. The molecule has 3 atom stereocenters. The second kappa shape index (κ2) is 15.1. The van der Waals surface area contributed by atoms with E-state index in [-0.39, 0.29) is 34.8 Å². The molecule has 44 heavy (non-hydrogen) atoms. The zero-order valence-corrected chi connectivity index (χ0v) is 26.5. The van der Waals surface area contributed by atoms with Crippen molar-refractivity contribution in [3.63, 3.8) is 0 Å². The Bertz CT molecular complexity index is 1570. The van der Waals surface area contributed by atoms with E-state index in [1.54, 1.807) is 13.8 Å². The maximum atomic E-state index is 12.7. The van der Waals surface area contributed by atoms with Crippen LogP contribution in [0.3, 0.4) is 0 Å². The summed E-state index contributed by atoms with van der Waals surface area (Å²) in [6.45, 7) is 4.10. The minimum atomic E-state index is -4.07. The number of fused-ring (bicyclic) bond motifs is 1. The molecule has 1 amide bonds. The number of carbonyl (C=O) groups excluding carboxylic acids is 2. The van der Waals surface area contributed by atoms with E-state index in [1.807, 2.05) is 30.3 Å².